The average Bonchev–Trinajstić information content (AvgIpc) is 2.20. The van der Waals surface area contributed by atoms with Crippen LogP contribution in [0.2, 0.25) is 0 Å². The number of carboxylic acid groups (broad SMARTS) is 1. The molecule has 0 aliphatic carbocycles. The molecule has 0 fully saturated rings. The van der Waals surface area contributed by atoms with Gasteiger partial charge in [0, 0.05) is 18.4 Å². The van der Waals surface area contributed by atoms with Crippen molar-refractivity contribution in [1.29, 1.82) is 0 Å². The van der Waals surface area contributed by atoms with Crippen molar-refractivity contribution in [2.75, 3.05) is 0 Å². The Hall–Kier alpha value is -1.30. The second-order valence-corrected chi connectivity index (χ2v) is 6.07. The third kappa shape index (κ3) is 3.09. The number of aromatic nitrogens is 2. The molecule has 1 aromatic heterocycles. The molecule has 0 radical (unpaired) electrons. The Morgan fingerprint density at radius 1 is 1.53 bits per heavy atom. The molecule has 1 aromatic rings. The van der Waals surface area contributed by atoms with Gasteiger partial charge in [-0.05, 0) is 27.7 Å². The minimum absolute atomic E-state index is 0.0257. The summed E-state index contributed by atoms with van der Waals surface area (Å²) in [7, 11) is 0. The molecule has 5 nitrogen and oxygen atoms in total. The van der Waals surface area contributed by atoms with E-state index in [2.05, 4.69) is 4.98 Å². The lowest BCUT2D eigenvalue weighted by molar-refractivity contribution is -0.138. The summed E-state index contributed by atoms with van der Waals surface area (Å²) in [5.41, 5.74) is -0.248. The van der Waals surface area contributed by atoms with Gasteiger partial charge in [-0.1, -0.05) is 11.8 Å². The number of rotatable bonds is 4. The highest BCUT2D eigenvalue weighted by Gasteiger charge is 2.30. The Bertz CT molecular complexity index is 480. The Morgan fingerprint density at radius 3 is 2.59 bits per heavy atom. The van der Waals surface area contributed by atoms with Crippen LogP contribution in [0.25, 0.3) is 0 Å². The van der Waals surface area contributed by atoms with Gasteiger partial charge in [0.15, 0.2) is 5.03 Å². The van der Waals surface area contributed by atoms with Crippen LogP contribution in [0.1, 0.15) is 33.7 Å². The summed E-state index contributed by atoms with van der Waals surface area (Å²) in [6.45, 7) is 6.87. The van der Waals surface area contributed by atoms with Gasteiger partial charge >= 0.3 is 5.97 Å². The van der Waals surface area contributed by atoms with E-state index in [-0.39, 0.29) is 16.6 Å². The summed E-state index contributed by atoms with van der Waals surface area (Å²) in [5, 5.41) is 9.23. The van der Waals surface area contributed by atoms with Crippen molar-refractivity contribution in [3.63, 3.8) is 0 Å². The maximum atomic E-state index is 12.0. The Labute approximate surface area is 104 Å². The van der Waals surface area contributed by atoms with E-state index in [9.17, 15) is 9.59 Å². The normalized spacial score (nSPS) is 11.8. The number of hydrogen-bond acceptors (Lipinski definition) is 4. The van der Waals surface area contributed by atoms with E-state index >= 15 is 0 Å². The van der Waals surface area contributed by atoms with Crippen molar-refractivity contribution in [3.8, 4) is 0 Å². The molecule has 1 heterocycles. The largest absolute Gasteiger partial charge is 0.480 e. The predicted molar refractivity (Wildman–Crippen MR) is 66.5 cm³/mol. The van der Waals surface area contributed by atoms with E-state index in [4.69, 9.17) is 5.11 Å². The molecule has 0 aliphatic rings. The van der Waals surface area contributed by atoms with Crippen molar-refractivity contribution < 1.29 is 9.90 Å². The van der Waals surface area contributed by atoms with Crippen LogP contribution < -0.4 is 5.56 Å². The zero-order chi connectivity index (χ0) is 13.2. The molecular formula is C11H16N2O3S. The van der Waals surface area contributed by atoms with Gasteiger partial charge in [0.05, 0.1) is 0 Å². The van der Waals surface area contributed by atoms with Crippen molar-refractivity contribution in [2.24, 2.45) is 0 Å². The SMILES string of the molecule is CC(C)n1ccnc(SC(C)(C)C(=O)O)c1=O. The average molecular weight is 256 g/mol. The van der Waals surface area contributed by atoms with Crippen molar-refractivity contribution >= 4 is 17.7 Å². The fourth-order valence-corrected chi connectivity index (χ4v) is 2.05. The first kappa shape index (κ1) is 13.8. The molecule has 0 unspecified atom stereocenters. The minimum Gasteiger partial charge on any atom is -0.480 e. The lowest BCUT2D eigenvalue weighted by atomic mass is 10.2. The zero-order valence-electron chi connectivity index (χ0n) is 10.3. The summed E-state index contributed by atoms with van der Waals surface area (Å²) in [5.74, 6) is -0.969. The fraction of sp³-hybridized carbons (Fsp3) is 0.545. The van der Waals surface area contributed by atoms with Crippen molar-refractivity contribution in [3.05, 3.63) is 22.7 Å². The topological polar surface area (TPSA) is 72.2 Å². The van der Waals surface area contributed by atoms with Crippen molar-refractivity contribution in [2.45, 2.75) is 43.5 Å². The third-order valence-electron chi connectivity index (χ3n) is 2.26. The number of hydrogen-bond donors (Lipinski definition) is 1. The summed E-state index contributed by atoms with van der Waals surface area (Å²) >= 11 is 0.968. The van der Waals surface area contributed by atoms with E-state index in [1.165, 1.54) is 10.8 Å². The van der Waals surface area contributed by atoms with E-state index in [1.807, 2.05) is 13.8 Å². The molecule has 94 valence electrons. The van der Waals surface area contributed by atoms with E-state index in [1.54, 1.807) is 20.0 Å². The zero-order valence-corrected chi connectivity index (χ0v) is 11.1. The van der Waals surface area contributed by atoms with Gasteiger partial charge < -0.3 is 9.67 Å². The highest BCUT2D eigenvalue weighted by atomic mass is 32.2. The number of thioether (sulfide) groups is 1. The van der Waals surface area contributed by atoms with Gasteiger partial charge in [-0.25, -0.2) is 4.98 Å². The second-order valence-electron chi connectivity index (χ2n) is 4.46. The number of nitrogens with zero attached hydrogens (tertiary/aromatic N) is 2. The summed E-state index contributed by atoms with van der Waals surface area (Å²) in [6, 6.07) is 0.0257. The fourth-order valence-electron chi connectivity index (χ4n) is 1.17. The monoisotopic (exact) mass is 256 g/mol. The van der Waals surface area contributed by atoms with Crippen LogP contribution in [0.15, 0.2) is 22.2 Å². The third-order valence-corrected chi connectivity index (χ3v) is 3.42. The maximum absolute atomic E-state index is 12.0. The lowest BCUT2D eigenvalue weighted by Gasteiger charge is -2.18. The van der Waals surface area contributed by atoms with E-state index in [0.29, 0.717) is 0 Å². The first-order valence-electron chi connectivity index (χ1n) is 5.25. The predicted octanol–water partition coefficient (Wildman–Crippen LogP) is 1.78. The highest BCUT2D eigenvalue weighted by Crippen LogP contribution is 2.29. The van der Waals surface area contributed by atoms with Crippen LogP contribution in [0.3, 0.4) is 0 Å². The van der Waals surface area contributed by atoms with Crippen molar-refractivity contribution in [1.82, 2.24) is 9.55 Å². The molecule has 0 aliphatic heterocycles. The van der Waals surface area contributed by atoms with Gasteiger partial charge in [-0.2, -0.15) is 0 Å². The lowest BCUT2D eigenvalue weighted by Crippen LogP contribution is -2.31. The molecule has 17 heavy (non-hydrogen) atoms. The second kappa shape index (κ2) is 4.91. The van der Waals surface area contributed by atoms with Crippen LogP contribution >= 0.6 is 11.8 Å². The molecule has 0 saturated heterocycles. The highest BCUT2D eigenvalue weighted by molar-refractivity contribution is 8.01. The molecule has 0 aromatic carbocycles. The van der Waals surface area contributed by atoms with Gasteiger partial charge in [0.25, 0.3) is 5.56 Å². The molecule has 1 rings (SSSR count). The van der Waals surface area contributed by atoms with Gasteiger partial charge in [0.1, 0.15) is 4.75 Å². The maximum Gasteiger partial charge on any atom is 0.319 e. The van der Waals surface area contributed by atoms with Crippen LogP contribution in [0, 0.1) is 0 Å². The Kier molecular flexibility index (Phi) is 3.98. The van der Waals surface area contributed by atoms with E-state index in [0.717, 1.165) is 11.8 Å². The molecule has 0 atom stereocenters. The van der Waals surface area contributed by atoms with Gasteiger partial charge in [0.2, 0.25) is 0 Å². The molecule has 6 heteroatoms. The molecular weight excluding hydrogens is 240 g/mol. The van der Waals surface area contributed by atoms with Crippen LogP contribution in [0.5, 0.6) is 0 Å². The summed E-state index contributed by atoms with van der Waals surface area (Å²) in [4.78, 5) is 27.0. The standard InChI is InChI=1S/C11H16N2O3S/c1-7(2)13-6-5-12-8(9(13)14)17-11(3,4)10(15)16/h5-7H,1-4H3,(H,15,16). The quantitative estimate of drug-likeness (QED) is 0.831. The van der Waals surface area contributed by atoms with Gasteiger partial charge in [-0.15, -0.1) is 0 Å². The number of carbonyl (C=O) groups is 1. The van der Waals surface area contributed by atoms with Crippen LogP contribution in [0.4, 0.5) is 0 Å². The smallest absolute Gasteiger partial charge is 0.319 e. The van der Waals surface area contributed by atoms with Gasteiger partial charge in [-0.3, -0.25) is 9.59 Å². The Morgan fingerprint density at radius 2 is 2.12 bits per heavy atom. The first-order chi connectivity index (χ1) is 7.75. The number of carboxylic acids is 1. The summed E-state index contributed by atoms with van der Waals surface area (Å²) in [6.07, 6.45) is 3.12. The molecule has 1 N–H and O–H groups in total. The number of aliphatic carboxylic acids is 1. The van der Waals surface area contributed by atoms with E-state index < -0.39 is 10.7 Å². The summed E-state index contributed by atoms with van der Waals surface area (Å²) < 4.78 is 0.468. The molecule has 0 bridgehead atoms. The van der Waals surface area contributed by atoms with Crippen LogP contribution in [-0.2, 0) is 4.79 Å². The minimum atomic E-state index is -1.07. The molecule has 0 spiro atoms. The first-order valence-corrected chi connectivity index (χ1v) is 6.07. The Balaban J connectivity index is 3.13. The molecule has 0 saturated carbocycles. The molecule has 0 amide bonds. The van der Waals surface area contributed by atoms with Crippen LogP contribution in [-0.4, -0.2) is 25.4 Å².